The van der Waals surface area contributed by atoms with E-state index in [-0.39, 0.29) is 29.5 Å². The monoisotopic (exact) mass is 308 g/mol. The standard InChI is InChI=1S/C14H14F2N4O2/c1-2-10(5-6-17)19-14(21)20-11-7-9(8-18)3-4-12(11)22-13(15)16/h3-4,7,10,13H,2,5H2,1H3,(H2,19,20,21)/t10-/m1/s1. The average Bonchev–Trinajstić information content (AvgIpc) is 2.48. The molecule has 0 aliphatic heterocycles. The van der Waals surface area contributed by atoms with E-state index in [4.69, 9.17) is 10.5 Å². The highest BCUT2D eigenvalue weighted by Crippen LogP contribution is 2.27. The van der Waals surface area contributed by atoms with E-state index in [0.717, 1.165) is 0 Å². The first-order chi connectivity index (χ1) is 10.5. The molecule has 1 rings (SSSR count). The number of amides is 2. The normalized spacial score (nSPS) is 11.2. The van der Waals surface area contributed by atoms with E-state index >= 15 is 0 Å². The lowest BCUT2D eigenvalue weighted by molar-refractivity contribution is -0.0493. The Kier molecular flexibility index (Phi) is 6.58. The van der Waals surface area contributed by atoms with Gasteiger partial charge in [0, 0.05) is 6.04 Å². The minimum absolute atomic E-state index is 0.0522. The molecule has 116 valence electrons. The van der Waals surface area contributed by atoms with Crippen molar-refractivity contribution < 1.29 is 18.3 Å². The summed E-state index contributed by atoms with van der Waals surface area (Å²) in [5.74, 6) is -0.252. The van der Waals surface area contributed by atoms with Crippen molar-refractivity contribution in [1.82, 2.24) is 5.32 Å². The molecule has 6 nitrogen and oxygen atoms in total. The maximum absolute atomic E-state index is 12.3. The van der Waals surface area contributed by atoms with Gasteiger partial charge in [-0.1, -0.05) is 6.92 Å². The zero-order valence-electron chi connectivity index (χ0n) is 11.8. The third-order valence-electron chi connectivity index (χ3n) is 2.74. The predicted octanol–water partition coefficient (Wildman–Crippen LogP) is 2.97. The summed E-state index contributed by atoms with van der Waals surface area (Å²) in [6.45, 7) is -1.26. The Morgan fingerprint density at radius 1 is 1.41 bits per heavy atom. The summed E-state index contributed by atoms with van der Waals surface area (Å²) in [5.41, 5.74) is 0.129. The molecule has 0 radical (unpaired) electrons. The first-order valence-electron chi connectivity index (χ1n) is 6.43. The van der Waals surface area contributed by atoms with Crippen LogP contribution in [0.3, 0.4) is 0 Å². The van der Waals surface area contributed by atoms with Gasteiger partial charge < -0.3 is 15.4 Å². The fourth-order valence-electron chi connectivity index (χ4n) is 1.65. The van der Waals surface area contributed by atoms with Crippen LogP contribution in [0.1, 0.15) is 25.3 Å². The molecule has 0 saturated carbocycles. The highest BCUT2D eigenvalue weighted by Gasteiger charge is 2.15. The molecule has 2 amide bonds. The first-order valence-corrected chi connectivity index (χ1v) is 6.43. The Morgan fingerprint density at radius 2 is 2.14 bits per heavy atom. The van der Waals surface area contributed by atoms with Crippen LogP contribution in [0.5, 0.6) is 5.75 Å². The van der Waals surface area contributed by atoms with Crippen molar-refractivity contribution in [2.24, 2.45) is 0 Å². The summed E-state index contributed by atoms with van der Waals surface area (Å²) in [4.78, 5) is 11.8. The zero-order valence-corrected chi connectivity index (χ0v) is 11.8. The summed E-state index contributed by atoms with van der Waals surface area (Å²) in [5, 5.41) is 22.3. The highest BCUT2D eigenvalue weighted by atomic mass is 19.3. The predicted molar refractivity (Wildman–Crippen MR) is 74.3 cm³/mol. The van der Waals surface area contributed by atoms with Crippen molar-refractivity contribution in [1.29, 1.82) is 10.5 Å². The summed E-state index contributed by atoms with van der Waals surface area (Å²) >= 11 is 0. The van der Waals surface area contributed by atoms with Crippen molar-refractivity contribution in [2.75, 3.05) is 5.32 Å². The van der Waals surface area contributed by atoms with Crippen LogP contribution in [0.15, 0.2) is 18.2 Å². The number of carbonyl (C=O) groups excluding carboxylic acids is 1. The number of benzene rings is 1. The molecule has 0 aliphatic carbocycles. The topological polar surface area (TPSA) is 97.9 Å². The van der Waals surface area contributed by atoms with Gasteiger partial charge in [0.1, 0.15) is 5.75 Å². The van der Waals surface area contributed by atoms with Gasteiger partial charge in [0.2, 0.25) is 0 Å². The fraction of sp³-hybridized carbons (Fsp3) is 0.357. The van der Waals surface area contributed by atoms with Gasteiger partial charge in [0.15, 0.2) is 0 Å². The zero-order chi connectivity index (χ0) is 16.5. The molecule has 1 atom stereocenters. The number of hydrogen-bond donors (Lipinski definition) is 2. The average molecular weight is 308 g/mol. The number of halogens is 2. The number of ether oxygens (including phenoxy) is 1. The third-order valence-corrected chi connectivity index (χ3v) is 2.74. The molecule has 8 heteroatoms. The van der Waals surface area contributed by atoms with Crippen LogP contribution in [0, 0.1) is 22.7 Å². The van der Waals surface area contributed by atoms with Crippen molar-refractivity contribution in [2.45, 2.75) is 32.4 Å². The van der Waals surface area contributed by atoms with Crippen molar-refractivity contribution in [3.63, 3.8) is 0 Å². The largest absolute Gasteiger partial charge is 0.433 e. The molecule has 1 aromatic rings. The van der Waals surface area contributed by atoms with E-state index in [0.29, 0.717) is 6.42 Å². The summed E-state index contributed by atoms with van der Waals surface area (Å²) in [6.07, 6.45) is 0.669. The van der Waals surface area contributed by atoms with Gasteiger partial charge >= 0.3 is 12.6 Å². The Hall–Kier alpha value is -2.87. The van der Waals surface area contributed by atoms with Gasteiger partial charge in [-0.15, -0.1) is 0 Å². The maximum Gasteiger partial charge on any atom is 0.387 e. The first kappa shape index (κ1) is 17.2. The number of urea groups is 1. The third kappa shape index (κ3) is 5.25. The van der Waals surface area contributed by atoms with E-state index < -0.39 is 12.6 Å². The lowest BCUT2D eigenvalue weighted by Crippen LogP contribution is -2.37. The molecule has 0 heterocycles. The second-order valence-electron chi connectivity index (χ2n) is 4.27. The molecular formula is C14H14F2N4O2. The van der Waals surface area contributed by atoms with E-state index in [1.165, 1.54) is 18.2 Å². The number of nitrogens with zero attached hydrogens (tertiary/aromatic N) is 2. The van der Waals surface area contributed by atoms with Crippen LogP contribution in [0.25, 0.3) is 0 Å². The molecule has 0 aliphatic rings. The molecule has 0 aromatic heterocycles. The molecule has 0 spiro atoms. The number of hydrogen-bond acceptors (Lipinski definition) is 4. The number of anilines is 1. The van der Waals surface area contributed by atoms with Crippen molar-refractivity contribution in [3.05, 3.63) is 23.8 Å². The SMILES string of the molecule is CC[C@H](CC#N)NC(=O)Nc1cc(C#N)ccc1OC(F)F. The Morgan fingerprint density at radius 3 is 2.68 bits per heavy atom. The minimum Gasteiger partial charge on any atom is -0.433 e. The maximum atomic E-state index is 12.3. The quantitative estimate of drug-likeness (QED) is 0.844. The van der Waals surface area contributed by atoms with E-state index in [9.17, 15) is 13.6 Å². The summed E-state index contributed by atoms with van der Waals surface area (Å²) < 4.78 is 29.0. The number of carbonyl (C=O) groups is 1. The van der Waals surface area contributed by atoms with Crippen LogP contribution in [-0.4, -0.2) is 18.7 Å². The Bertz CT molecular complexity index is 608. The molecule has 0 fully saturated rings. The molecule has 0 bridgehead atoms. The fourth-order valence-corrected chi connectivity index (χ4v) is 1.65. The van der Waals surface area contributed by atoms with E-state index in [2.05, 4.69) is 15.4 Å². The summed E-state index contributed by atoms with van der Waals surface area (Å²) in [7, 11) is 0. The Balaban J connectivity index is 2.88. The Labute approximate surface area is 126 Å². The molecule has 22 heavy (non-hydrogen) atoms. The smallest absolute Gasteiger partial charge is 0.387 e. The molecule has 0 saturated heterocycles. The molecule has 1 aromatic carbocycles. The summed E-state index contributed by atoms with van der Waals surface area (Å²) in [6, 6.07) is 6.44. The van der Waals surface area contributed by atoms with Crippen LogP contribution in [0.4, 0.5) is 19.3 Å². The van der Waals surface area contributed by atoms with Gasteiger partial charge in [-0.25, -0.2) is 4.79 Å². The number of nitriles is 2. The van der Waals surface area contributed by atoms with E-state index in [1.54, 1.807) is 6.92 Å². The second kappa shape index (κ2) is 8.42. The van der Waals surface area contributed by atoms with Crippen molar-refractivity contribution >= 4 is 11.7 Å². The lowest BCUT2D eigenvalue weighted by atomic mass is 10.2. The lowest BCUT2D eigenvalue weighted by Gasteiger charge is -2.16. The molecular weight excluding hydrogens is 294 g/mol. The van der Waals surface area contributed by atoms with Crippen LogP contribution in [-0.2, 0) is 0 Å². The molecule has 0 unspecified atom stereocenters. The van der Waals surface area contributed by atoms with Crippen LogP contribution < -0.4 is 15.4 Å². The van der Waals surface area contributed by atoms with Gasteiger partial charge in [-0.3, -0.25) is 0 Å². The number of rotatable bonds is 6. The van der Waals surface area contributed by atoms with Gasteiger partial charge in [-0.05, 0) is 24.6 Å². The number of alkyl halides is 2. The molecule has 2 N–H and O–H groups in total. The van der Waals surface area contributed by atoms with Crippen LogP contribution >= 0.6 is 0 Å². The van der Waals surface area contributed by atoms with E-state index in [1.807, 2.05) is 12.1 Å². The van der Waals surface area contributed by atoms with Crippen LogP contribution in [0.2, 0.25) is 0 Å². The second-order valence-corrected chi connectivity index (χ2v) is 4.27. The minimum atomic E-state index is -3.06. The highest BCUT2D eigenvalue weighted by molar-refractivity contribution is 5.91. The van der Waals surface area contributed by atoms with Gasteiger partial charge in [-0.2, -0.15) is 19.3 Å². The van der Waals surface area contributed by atoms with Gasteiger partial charge in [0.25, 0.3) is 0 Å². The van der Waals surface area contributed by atoms with Gasteiger partial charge in [0.05, 0.1) is 29.8 Å². The van der Waals surface area contributed by atoms with Crippen molar-refractivity contribution in [3.8, 4) is 17.9 Å². The number of nitrogens with one attached hydrogen (secondary N) is 2.